The number of likely N-dealkylation sites (tertiary alicyclic amines) is 1. The topological polar surface area (TPSA) is 54.3 Å². The van der Waals surface area contributed by atoms with E-state index in [0.717, 1.165) is 30.8 Å². The molecule has 0 saturated carbocycles. The number of methoxy groups -OCH3 is 1. The molecule has 142 valence electrons. The fourth-order valence-electron chi connectivity index (χ4n) is 3.51. The van der Waals surface area contributed by atoms with Gasteiger partial charge in [0, 0.05) is 31.0 Å². The van der Waals surface area contributed by atoms with E-state index in [9.17, 15) is 18.3 Å². The number of piperidine rings is 1. The van der Waals surface area contributed by atoms with Gasteiger partial charge in [0.1, 0.15) is 6.23 Å². The number of allylic oxidation sites excluding steroid dienone is 1. The highest BCUT2D eigenvalue weighted by molar-refractivity contribution is 8.04. The van der Waals surface area contributed by atoms with Crippen molar-refractivity contribution in [3.8, 4) is 0 Å². The van der Waals surface area contributed by atoms with Crippen LogP contribution in [0.1, 0.15) is 26.2 Å². The molecule has 0 radical (unpaired) electrons. The molecule has 3 heterocycles. The summed E-state index contributed by atoms with van der Waals surface area (Å²) in [5.74, 6) is -0.806. The van der Waals surface area contributed by atoms with E-state index < -0.39 is 24.4 Å². The van der Waals surface area contributed by atoms with Crippen LogP contribution in [0.5, 0.6) is 0 Å². The summed E-state index contributed by atoms with van der Waals surface area (Å²) in [6, 6.07) is 0. The maximum absolute atomic E-state index is 12.9. The quantitative estimate of drug-likeness (QED) is 0.813. The first-order chi connectivity index (χ1) is 11.8. The first-order valence-electron chi connectivity index (χ1n) is 8.43. The Balaban J connectivity index is 1.55. The van der Waals surface area contributed by atoms with Crippen molar-refractivity contribution < 1.29 is 27.9 Å². The lowest BCUT2D eigenvalue weighted by Gasteiger charge is -2.35. The summed E-state index contributed by atoms with van der Waals surface area (Å²) in [6.45, 7) is 2.96. The molecule has 9 heteroatoms. The number of aliphatic hydroxyl groups is 1. The number of alkyl halides is 3. The monoisotopic (exact) mass is 380 g/mol. The second-order valence-electron chi connectivity index (χ2n) is 6.67. The summed E-state index contributed by atoms with van der Waals surface area (Å²) in [4.78, 5) is 7.39. The maximum Gasteiger partial charge on any atom is 0.428 e. The molecule has 0 aliphatic carbocycles. The summed E-state index contributed by atoms with van der Waals surface area (Å²) in [5.41, 5.74) is 0.420. The van der Waals surface area contributed by atoms with E-state index in [-0.39, 0.29) is 11.4 Å². The van der Waals surface area contributed by atoms with Crippen LogP contribution in [0.3, 0.4) is 0 Å². The van der Waals surface area contributed by atoms with Crippen LogP contribution >= 0.6 is 11.8 Å². The summed E-state index contributed by atoms with van der Waals surface area (Å²) in [6.07, 6.45) is -2.60. The molecule has 5 nitrogen and oxygen atoms in total. The van der Waals surface area contributed by atoms with Gasteiger partial charge in [-0.2, -0.15) is 13.2 Å². The Bertz CT molecular complexity index is 547. The van der Waals surface area contributed by atoms with Crippen LogP contribution in [0.4, 0.5) is 13.2 Å². The molecule has 4 unspecified atom stereocenters. The molecular formula is C16H23F3N2O3S. The second-order valence-corrected chi connectivity index (χ2v) is 7.94. The van der Waals surface area contributed by atoms with Crippen molar-refractivity contribution in [3.05, 3.63) is 11.0 Å². The Kier molecular flexibility index (Phi) is 5.67. The molecule has 0 aromatic heterocycles. The van der Waals surface area contributed by atoms with E-state index in [4.69, 9.17) is 4.74 Å². The molecule has 0 aromatic rings. The van der Waals surface area contributed by atoms with Crippen LogP contribution in [-0.2, 0) is 9.57 Å². The van der Waals surface area contributed by atoms with Gasteiger partial charge in [0.25, 0.3) is 0 Å². The van der Waals surface area contributed by atoms with Gasteiger partial charge in [0.15, 0.2) is 0 Å². The number of rotatable bonds is 4. The number of oxime groups is 1. The molecular weight excluding hydrogens is 357 g/mol. The summed E-state index contributed by atoms with van der Waals surface area (Å²) >= 11 is 1.39. The smallest absolute Gasteiger partial charge is 0.382 e. The van der Waals surface area contributed by atoms with Gasteiger partial charge in [0.2, 0.25) is 6.10 Å². The zero-order valence-corrected chi connectivity index (χ0v) is 15.0. The van der Waals surface area contributed by atoms with Crippen molar-refractivity contribution >= 4 is 17.5 Å². The predicted octanol–water partition coefficient (Wildman–Crippen LogP) is 2.76. The standard InChI is InChI=1S/C16H23F3N2O3S/c1-9-13(20-24-14(9)16(17,18)19)11-3-4-12(25-11)15(22)21-7-5-10(23-2)6-8-21/h4,9-11,14-15,22H,3,5-8H2,1-2H3. The molecule has 1 saturated heterocycles. The van der Waals surface area contributed by atoms with E-state index in [1.807, 2.05) is 11.0 Å². The van der Waals surface area contributed by atoms with Crippen molar-refractivity contribution in [1.29, 1.82) is 0 Å². The number of ether oxygens (including phenoxy) is 1. The third kappa shape index (κ3) is 3.99. The molecule has 0 aromatic carbocycles. The first kappa shape index (κ1) is 19.0. The molecule has 4 atom stereocenters. The average Bonchev–Trinajstić information content (AvgIpc) is 3.20. The van der Waals surface area contributed by atoms with Gasteiger partial charge in [-0.3, -0.25) is 4.90 Å². The van der Waals surface area contributed by atoms with Gasteiger partial charge in [-0.15, -0.1) is 11.8 Å². The lowest BCUT2D eigenvalue weighted by atomic mass is 9.95. The molecule has 3 aliphatic heterocycles. The number of hydrogen-bond donors (Lipinski definition) is 1. The number of halogens is 3. The SMILES string of the molecule is COC1CCN(C(O)C2=CCC(C3=NOC(C(F)(F)F)C3C)S2)CC1. The molecule has 3 aliphatic rings. The Morgan fingerprint density at radius 1 is 1.40 bits per heavy atom. The highest BCUT2D eigenvalue weighted by Crippen LogP contribution is 2.42. The maximum atomic E-state index is 12.9. The molecule has 0 spiro atoms. The van der Waals surface area contributed by atoms with Crippen molar-refractivity contribution in [1.82, 2.24) is 4.90 Å². The van der Waals surface area contributed by atoms with E-state index >= 15 is 0 Å². The van der Waals surface area contributed by atoms with Crippen molar-refractivity contribution in [2.45, 2.75) is 56.0 Å². The van der Waals surface area contributed by atoms with E-state index in [1.54, 1.807) is 7.11 Å². The highest BCUT2D eigenvalue weighted by atomic mass is 32.2. The zero-order valence-electron chi connectivity index (χ0n) is 14.2. The van der Waals surface area contributed by atoms with Crippen molar-refractivity contribution in [2.75, 3.05) is 20.2 Å². The van der Waals surface area contributed by atoms with Gasteiger partial charge in [-0.05, 0) is 19.3 Å². The Morgan fingerprint density at radius 3 is 2.64 bits per heavy atom. The highest BCUT2D eigenvalue weighted by Gasteiger charge is 2.52. The zero-order chi connectivity index (χ0) is 18.2. The lowest BCUT2D eigenvalue weighted by Crippen LogP contribution is -2.43. The minimum Gasteiger partial charge on any atom is -0.382 e. The van der Waals surface area contributed by atoms with Crippen LogP contribution < -0.4 is 0 Å². The third-order valence-corrected chi connectivity index (χ3v) is 6.43. The summed E-state index contributed by atoms with van der Waals surface area (Å²) in [7, 11) is 1.69. The largest absolute Gasteiger partial charge is 0.428 e. The molecule has 1 N–H and O–H groups in total. The molecule has 0 bridgehead atoms. The van der Waals surface area contributed by atoms with Gasteiger partial charge in [-0.1, -0.05) is 18.2 Å². The fourth-order valence-corrected chi connectivity index (χ4v) is 4.87. The van der Waals surface area contributed by atoms with Crippen LogP contribution in [-0.4, -0.2) is 65.8 Å². The van der Waals surface area contributed by atoms with E-state index in [1.165, 1.54) is 18.7 Å². The van der Waals surface area contributed by atoms with Crippen molar-refractivity contribution in [2.24, 2.45) is 11.1 Å². The number of aliphatic hydroxyl groups excluding tert-OH is 1. The molecule has 1 fully saturated rings. The molecule has 25 heavy (non-hydrogen) atoms. The summed E-state index contributed by atoms with van der Waals surface area (Å²) < 4.78 is 44.0. The normalized spacial score (nSPS) is 33.1. The Morgan fingerprint density at radius 2 is 2.08 bits per heavy atom. The van der Waals surface area contributed by atoms with Crippen molar-refractivity contribution in [3.63, 3.8) is 0 Å². The predicted molar refractivity (Wildman–Crippen MR) is 89.2 cm³/mol. The number of thioether (sulfide) groups is 1. The average molecular weight is 380 g/mol. The fraction of sp³-hybridized carbons (Fsp3) is 0.812. The number of hydrogen-bond acceptors (Lipinski definition) is 6. The van der Waals surface area contributed by atoms with Crippen LogP contribution in [0.25, 0.3) is 0 Å². The Labute approximate surface area is 149 Å². The third-order valence-electron chi connectivity index (χ3n) is 5.07. The summed E-state index contributed by atoms with van der Waals surface area (Å²) in [5, 5.41) is 14.1. The number of nitrogens with zero attached hydrogens (tertiary/aromatic N) is 2. The van der Waals surface area contributed by atoms with Crippen LogP contribution in [0.15, 0.2) is 16.1 Å². The van der Waals surface area contributed by atoms with Crippen LogP contribution in [0, 0.1) is 5.92 Å². The van der Waals surface area contributed by atoms with Gasteiger partial charge >= 0.3 is 6.18 Å². The molecule has 0 amide bonds. The van der Waals surface area contributed by atoms with Crippen LogP contribution in [0.2, 0.25) is 0 Å². The molecule has 3 rings (SSSR count). The van der Waals surface area contributed by atoms with Gasteiger partial charge < -0.3 is 14.7 Å². The van der Waals surface area contributed by atoms with Gasteiger partial charge in [0.05, 0.1) is 17.1 Å². The minimum atomic E-state index is -4.42. The van der Waals surface area contributed by atoms with E-state index in [2.05, 4.69) is 9.99 Å². The second kappa shape index (κ2) is 7.46. The Hall–Kier alpha value is -0.770. The minimum absolute atomic E-state index is 0.205. The lowest BCUT2D eigenvalue weighted by molar-refractivity contribution is -0.220. The van der Waals surface area contributed by atoms with Gasteiger partial charge in [-0.25, -0.2) is 0 Å². The first-order valence-corrected chi connectivity index (χ1v) is 9.31. The van der Waals surface area contributed by atoms with E-state index in [0.29, 0.717) is 12.1 Å².